The average molecular weight is 296 g/mol. The molecule has 8 heteroatoms. The summed E-state index contributed by atoms with van der Waals surface area (Å²) in [6.45, 7) is 0.686. The maximum absolute atomic E-state index is 12.2. The van der Waals surface area contributed by atoms with Gasteiger partial charge in [0.15, 0.2) is 0 Å². The molecule has 116 valence electrons. The molecule has 2 fully saturated rings. The normalized spacial score (nSPS) is 20.6. The molecule has 0 bridgehead atoms. The zero-order valence-electron chi connectivity index (χ0n) is 11.8. The number of carbonyl (C=O) groups is 4. The highest BCUT2D eigenvalue weighted by molar-refractivity contribution is 6.00. The van der Waals surface area contributed by atoms with Crippen LogP contribution < -0.4 is 11.3 Å². The third-order valence-corrected chi connectivity index (χ3v) is 4.04. The summed E-state index contributed by atoms with van der Waals surface area (Å²) < 4.78 is 0. The molecular formula is C13H20N4O4. The summed E-state index contributed by atoms with van der Waals surface area (Å²) in [6.07, 6.45) is 2.27. The van der Waals surface area contributed by atoms with E-state index >= 15 is 0 Å². The molecule has 0 unspecified atom stereocenters. The van der Waals surface area contributed by atoms with Gasteiger partial charge in [0.05, 0.1) is 0 Å². The van der Waals surface area contributed by atoms with E-state index in [-0.39, 0.29) is 36.1 Å². The number of nitrogens with two attached hydrogens (primary N) is 1. The van der Waals surface area contributed by atoms with E-state index in [2.05, 4.69) is 5.43 Å². The molecule has 8 nitrogen and oxygen atoms in total. The van der Waals surface area contributed by atoms with Gasteiger partial charge in [-0.2, -0.15) is 0 Å². The lowest BCUT2D eigenvalue weighted by atomic mass is 9.96. The Kier molecular flexibility index (Phi) is 4.89. The number of likely N-dealkylation sites (tertiary alicyclic amines) is 2. The summed E-state index contributed by atoms with van der Waals surface area (Å²) in [5.74, 6) is 3.88. The van der Waals surface area contributed by atoms with E-state index in [4.69, 9.17) is 5.84 Å². The highest BCUT2D eigenvalue weighted by Gasteiger charge is 2.31. The van der Waals surface area contributed by atoms with E-state index in [1.165, 1.54) is 0 Å². The van der Waals surface area contributed by atoms with Crippen molar-refractivity contribution in [3.8, 4) is 0 Å². The lowest BCUT2D eigenvalue weighted by Gasteiger charge is -2.33. The summed E-state index contributed by atoms with van der Waals surface area (Å²) >= 11 is 0. The number of hydrogen-bond acceptors (Lipinski definition) is 5. The van der Waals surface area contributed by atoms with Crippen LogP contribution >= 0.6 is 0 Å². The van der Waals surface area contributed by atoms with Crippen LogP contribution in [0.4, 0.5) is 0 Å². The largest absolute Gasteiger partial charge is 0.341 e. The van der Waals surface area contributed by atoms with Crippen molar-refractivity contribution in [1.29, 1.82) is 0 Å². The number of rotatable bonds is 3. The molecule has 2 saturated heterocycles. The number of hydrazine groups is 1. The highest BCUT2D eigenvalue weighted by Crippen LogP contribution is 2.18. The van der Waals surface area contributed by atoms with Crippen LogP contribution in [-0.4, -0.2) is 53.1 Å². The topological polar surface area (TPSA) is 113 Å². The monoisotopic (exact) mass is 296 g/mol. The van der Waals surface area contributed by atoms with Crippen LogP contribution in [0.5, 0.6) is 0 Å². The molecule has 0 radical (unpaired) electrons. The van der Waals surface area contributed by atoms with E-state index < -0.39 is 0 Å². The fourth-order valence-electron chi connectivity index (χ4n) is 2.72. The van der Waals surface area contributed by atoms with E-state index in [9.17, 15) is 19.2 Å². The summed E-state index contributed by atoms with van der Waals surface area (Å²) in [7, 11) is 0. The molecule has 0 aromatic heterocycles. The van der Waals surface area contributed by atoms with Gasteiger partial charge in [-0.1, -0.05) is 0 Å². The van der Waals surface area contributed by atoms with Gasteiger partial charge in [-0.15, -0.1) is 0 Å². The van der Waals surface area contributed by atoms with Crippen LogP contribution in [0.15, 0.2) is 0 Å². The molecule has 21 heavy (non-hydrogen) atoms. The number of hydrogen-bond donors (Lipinski definition) is 2. The maximum Gasteiger partial charge on any atom is 0.242 e. The molecule has 0 atom stereocenters. The molecule has 0 aliphatic carbocycles. The molecule has 2 aliphatic rings. The van der Waals surface area contributed by atoms with Gasteiger partial charge in [-0.05, 0) is 19.3 Å². The van der Waals surface area contributed by atoms with Crippen molar-refractivity contribution < 1.29 is 19.2 Å². The molecule has 0 spiro atoms. The molecule has 0 aromatic rings. The van der Waals surface area contributed by atoms with Gasteiger partial charge >= 0.3 is 0 Å². The molecule has 0 aromatic carbocycles. The lowest BCUT2D eigenvalue weighted by molar-refractivity contribution is -0.153. The Bertz CT molecular complexity index is 441. The van der Waals surface area contributed by atoms with Gasteiger partial charge < -0.3 is 4.90 Å². The van der Waals surface area contributed by atoms with E-state index in [1.807, 2.05) is 0 Å². The Balaban J connectivity index is 1.86. The Morgan fingerprint density at radius 3 is 2.24 bits per heavy atom. The Hall–Kier alpha value is -1.96. The molecule has 4 amide bonds. The van der Waals surface area contributed by atoms with Crippen LogP contribution in [0.25, 0.3) is 0 Å². The van der Waals surface area contributed by atoms with Crippen molar-refractivity contribution in [2.45, 2.75) is 32.1 Å². The van der Waals surface area contributed by atoms with Crippen LogP contribution in [-0.2, 0) is 19.2 Å². The number of nitrogens with one attached hydrogen (secondary N) is 1. The molecular weight excluding hydrogens is 276 g/mol. The van der Waals surface area contributed by atoms with Gasteiger partial charge in [0.2, 0.25) is 23.6 Å². The summed E-state index contributed by atoms with van der Waals surface area (Å²) in [6, 6.07) is 0. The Labute approximate surface area is 122 Å². The first-order valence-corrected chi connectivity index (χ1v) is 7.14. The second-order valence-corrected chi connectivity index (χ2v) is 5.39. The van der Waals surface area contributed by atoms with Gasteiger partial charge in [-0.25, -0.2) is 5.84 Å². The van der Waals surface area contributed by atoms with Crippen molar-refractivity contribution >= 4 is 23.6 Å². The van der Waals surface area contributed by atoms with Crippen LogP contribution in [0, 0.1) is 5.92 Å². The van der Waals surface area contributed by atoms with Crippen molar-refractivity contribution in [2.24, 2.45) is 11.8 Å². The van der Waals surface area contributed by atoms with E-state index in [1.54, 1.807) is 4.90 Å². The fraction of sp³-hybridized carbons (Fsp3) is 0.692. The first-order valence-electron chi connectivity index (χ1n) is 7.14. The zero-order valence-corrected chi connectivity index (χ0v) is 11.8. The third-order valence-electron chi connectivity index (χ3n) is 4.04. The molecule has 3 N–H and O–H groups in total. The van der Waals surface area contributed by atoms with Crippen molar-refractivity contribution in [1.82, 2.24) is 15.2 Å². The number of imide groups is 1. The van der Waals surface area contributed by atoms with Gasteiger partial charge in [0.1, 0.15) is 6.54 Å². The van der Waals surface area contributed by atoms with Crippen molar-refractivity contribution in [3.05, 3.63) is 0 Å². The minimum atomic E-state index is -0.281. The SMILES string of the molecule is NNC(=O)C1CCN(C(=O)CN2C(=O)CCCC2=O)CC1. The average Bonchev–Trinajstić information content (AvgIpc) is 2.50. The predicted octanol–water partition coefficient (Wildman–Crippen LogP) is -1.25. The van der Waals surface area contributed by atoms with E-state index in [0.29, 0.717) is 45.2 Å². The second kappa shape index (κ2) is 6.66. The summed E-state index contributed by atoms with van der Waals surface area (Å²) in [4.78, 5) is 49.5. The van der Waals surface area contributed by atoms with Crippen molar-refractivity contribution in [2.75, 3.05) is 19.6 Å². The van der Waals surface area contributed by atoms with Crippen LogP contribution in [0.3, 0.4) is 0 Å². The highest BCUT2D eigenvalue weighted by atomic mass is 16.2. The Morgan fingerprint density at radius 1 is 1.14 bits per heavy atom. The lowest BCUT2D eigenvalue weighted by Crippen LogP contribution is -2.50. The summed E-state index contributed by atoms with van der Waals surface area (Å²) in [5.41, 5.74) is 2.12. The third kappa shape index (κ3) is 3.57. The zero-order chi connectivity index (χ0) is 15.4. The molecule has 2 aliphatic heterocycles. The number of nitrogens with zero attached hydrogens (tertiary/aromatic N) is 2. The van der Waals surface area contributed by atoms with Gasteiger partial charge in [0, 0.05) is 31.8 Å². The number of piperidine rings is 2. The fourth-order valence-corrected chi connectivity index (χ4v) is 2.72. The Morgan fingerprint density at radius 2 is 1.71 bits per heavy atom. The second-order valence-electron chi connectivity index (χ2n) is 5.39. The van der Waals surface area contributed by atoms with Crippen LogP contribution in [0.1, 0.15) is 32.1 Å². The van der Waals surface area contributed by atoms with Gasteiger partial charge in [0.25, 0.3) is 0 Å². The summed E-state index contributed by atoms with van der Waals surface area (Å²) in [5, 5.41) is 0. The van der Waals surface area contributed by atoms with E-state index in [0.717, 1.165) is 4.90 Å². The first kappa shape index (κ1) is 15.4. The number of carbonyl (C=O) groups excluding carboxylic acids is 4. The van der Waals surface area contributed by atoms with Gasteiger partial charge in [-0.3, -0.25) is 29.5 Å². The van der Waals surface area contributed by atoms with Crippen LogP contribution in [0.2, 0.25) is 0 Å². The number of amides is 4. The molecule has 0 saturated carbocycles. The first-order chi connectivity index (χ1) is 10.0. The molecule has 2 rings (SSSR count). The minimum Gasteiger partial charge on any atom is -0.341 e. The smallest absolute Gasteiger partial charge is 0.242 e. The quantitative estimate of drug-likeness (QED) is 0.292. The minimum absolute atomic E-state index is 0.183. The standard InChI is InChI=1S/C13H20N4O4/c14-15-13(21)9-4-6-16(7-5-9)12(20)8-17-10(18)2-1-3-11(17)19/h9H,1-8,14H2,(H,15,21). The molecule has 2 heterocycles. The van der Waals surface area contributed by atoms with Crippen molar-refractivity contribution in [3.63, 3.8) is 0 Å². The maximum atomic E-state index is 12.2. The predicted molar refractivity (Wildman–Crippen MR) is 72.2 cm³/mol.